The molecule has 1 fully saturated rings. The quantitative estimate of drug-likeness (QED) is 0.878. The number of ether oxygens (including phenoxy) is 1. The maximum atomic E-state index is 13.4. The summed E-state index contributed by atoms with van der Waals surface area (Å²) in [6.07, 6.45) is 3.04. The van der Waals surface area contributed by atoms with Crippen LogP contribution in [0.25, 0.3) is 0 Å². The highest BCUT2D eigenvalue weighted by molar-refractivity contribution is 5.83. The Hall–Kier alpha value is -2.48. The lowest BCUT2D eigenvalue weighted by Crippen LogP contribution is -2.43. The molecule has 8 heteroatoms. The molecule has 1 aromatic carbocycles. The molecule has 1 amide bonds. The van der Waals surface area contributed by atoms with Crippen LogP contribution >= 0.6 is 0 Å². The minimum Gasteiger partial charge on any atom is -0.381 e. The van der Waals surface area contributed by atoms with E-state index in [1.165, 1.54) is 16.8 Å². The molecular weight excluding hydrogens is 351 g/mol. The first-order valence-corrected chi connectivity index (χ1v) is 9.42. The molecule has 0 aliphatic carbocycles. The van der Waals surface area contributed by atoms with E-state index in [0.29, 0.717) is 37.6 Å². The van der Waals surface area contributed by atoms with Crippen LogP contribution in [-0.4, -0.2) is 39.5 Å². The first-order chi connectivity index (χ1) is 13.1. The highest BCUT2D eigenvalue weighted by atomic mass is 19.1. The molecule has 1 atom stereocenters. The van der Waals surface area contributed by atoms with Crippen molar-refractivity contribution in [2.24, 2.45) is 0 Å². The van der Waals surface area contributed by atoms with Gasteiger partial charge < -0.3 is 10.1 Å². The van der Waals surface area contributed by atoms with Gasteiger partial charge in [-0.2, -0.15) is 5.10 Å². The highest BCUT2D eigenvalue weighted by Gasteiger charge is 2.32. The van der Waals surface area contributed by atoms with E-state index in [9.17, 15) is 14.0 Å². The number of carbonyl (C=O) groups excluding carboxylic acids is 1. The van der Waals surface area contributed by atoms with Gasteiger partial charge in [0.05, 0.1) is 12.5 Å². The summed E-state index contributed by atoms with van der Waals surface area (Å²) in [5.74, 6) is -0.348. The number of hydrogen-bond acceptors (Lipinski definition) is 4. The highest BCUT2D eigenvalue weighted by Crippen LogP contribution is 2.25. The van der Waals surface area contributed by atoms with E-state index in [0.717, 1.165) is 19.3 Å². The fourth-order valence-electron chi connectivity index (χ4n) is 3.81. The Morgan fingerprint density at radius 1 is 1.30 bits per heavy atom. The molecule has 0 bridgehead atoms. The molecule has 144 valence electrons. The van der Waals surface area contributed by atoms with Gasteiger partial charge in [-0.15, -0.1) is 0 Å². The van der Waals surface area contributed by atoms with Crippen molar-refractivity contribution in [3.63, 3.8) is 0 Å². The Morgan fingerprint density at radius 3 is 2.89 bits per heavy atom. The van der Waals surface area contributed by atoms with Gasteiger partial charge in [0.1, 0.15) is 11.6 Å². The van der Waals surface area contributed by atoms with Crippen LogP contribution < -0.4 is 11.0 Å². The van der Waals surface area contributed by atoms with Crippen LogP contribution in [0.5, 0.6) is 0 Å². The second-order valence-corrected chi connectivity index (χ2v) is 7.17. The predicted octanol–water partition coefficient (Wildman–Crippen LogP) is 1.40. The van der Waals surface area contributed by atoms with E-state index in [1.54, 1.807) is 16.7 Å². The van der Waals surface area contributed by atoms with Gasteiger partial charge >= 0.3 is 5.69 Å². The summed E-state index contributed by atoms with van der Waals surface area (Å²) in [6, 6.07) is 6.23. The molecule has 1 aromatic heterocycles. The van der Waals surface area contributed by atoms with E-state index in [2.05, 4.69) is 10.4 Å². The lowest BCUT2D eigenvalue weighted by atomic mass is 9.97. The van der Waals surface area contributed by atoms with E-state index in [-0.39, 0.29) is 30.0 Å². The average Bonchev–Trinajstić information content (AvgIpc) is 2.98. The minimum atomic E-state index is -0.428. The zero-order chi connectivity index (χ0) is 18.8. The number of hydrogen-bond donors (Lipinski definition) is 1. The summed E-state index contributed by atoms with van der Waals surface area (Å²) >= 11 is 0. The van der Waals surface area contributed by atoms with E-state index in [1.807, 2.05) is 0 Å². The Morgan fingerprint density at radius 2 is 2.11 bits per heavy atom. The van der Waals surface area contributed by atoms with Crippen molar-refractivity contribution in [1.29, 1.82) is 0 Å². The van der Waals surface area contributed by atoms with Gasteiger partial charge in [-0.25, -0.2) is 13.9 Å². The summed E-state index contributed by atoms with van der Waals surface area (Å²) in [4.78, 5) is 25.5. The van der Waals surface area contributed by atoms with Crippen LogP contribution in [0.15, 0.2) is 29.1 Å². The van der Waals surface area contributed by atoms with Crippen LogP contribution in [0.1, 0.15) is 43.0 Å². The lowest BCUT2D eigenvalue weighted by Gasteiger charge is -2.27. The standard InChI is InChI=1S/C19H23FN4O3/c20-14-4-1-3-13(11-14)12-24-19(26)23-8-2-5-16(17(23)22-24)18(25)21-15-6-9-27-10-7-15/h1,3-4,11,15-16H,2,5-10,12H2,(H,21,25). The largest absolute Gasteiger partial charge is 0.381 e. The molecule has 0 spiro atoms. The number of halogens is 1. The number of rotatable bonds is 4. The van der Waals surface area contributed by atoms with E-state index < -0.39 is 5.92 Å². The number of amides is 1. The first-order valence-electron chi connectivity index (χ1n) is 9.42. The molecule has 2 aliphatic heterocycles. The molecule has 1 saturated heterocycles. The van der Waals surface area contributed by atoms with E-state index >= 15 is 0 Å². The van der Waals surface area contributed by atoms with Crippen molar-refractivity contribution in [1.82, 2.24) is 19.7 Å². The Balaban J connectivity index is 1.55. The number of benzene rings is 1. The Labute approximate surface area is 156 Å². The molecule has 7 nitrogen and oxygen atoms in total. The zero-order valence-electron chi connectivity index (χ0n) is 15.1. The van der Waals surface area contributed by atoms with Gasteiger partial charge in [-0.1, -0.05) is 12.1 Å². The van der Waals surface area contributed by atoms with Gasteiger partial charge in [0.2, 0.25) is 5.91 Å². The van der Waals surface area contributed by atoms with Crippen LogP contribution in [-0.2, 0) is 22.6 Å². The molecule has 4 rings (SSSR count). The SMILES string of the molecule is O=C(NC1CCOCC1)C1CCCn2c1nn(Cc1cccc(F)c1)c2=O. The third-order valence-corrected chi connectivity index (χ3v) is 5.24. The number of nitrogens with zero attached hydrogens (tertiary/aromatic N) is 3. The summed E-state index contributed by atoms with van der Waals surface area (Å²) < 4.78 is 21.6. The molecule has 0 saturated carbocycles. The summed E-state index contributed by atoms with van der Waals surface area (Å²) in [6.45, 7) is 2.05. The van der Waals surface area contributed by atoms with E-state index in [4.69, 9.17) is 4.74 Å². The van der Waals surface area contributed by atoms with Gasteiger partial charge in [0.25, 0.3) is 0 Å². The fourth-order valence-corrected chi connectivity index (χ4v) is 3.81. The van der Waals surface area contributed by atoms with Crippen LogP contribution in [0, 0.1) is 5.82 Å². The van der Waals surface area contributed by atoms with Gasteiger partial charge in [0.15, 0.2) is 0 Å². The second-order valence-electron chi connectivity index (χ2n) is 7.17. The zero-order valence-corrected chi connectivity index (χ0v) is 15.1. The minimum absolute atomic E-state index is 0.0780. The van der Waals surface area contributed by atoms with Crippen LogP contribution in [0.3, 0.4) is 0 Å². The predicted molar refractivity (Wildman–Crippen MR) is 95.9 cm³/mol. The summed E-state index contributed by atoms with van der Waals surface area (Å²) in [5, 5.41) is 7.51. The van der Waals surface area contributed by atoms with Crippen molar-refractivity contribution in [3.8, 4) is 0 Å². The Bertz CT molecular complexity index is 885. The van der Waals surface area contributed by atoms with Crippen molar-refractivity contribution < 1.29 is 13.9 Å². The topological polar surface area (TPSA) is 78.2 Å². The number of carbonyl (C=O) groups is 1. The molecule has 2 aromatic rings. The lowest BCUT2D eigenvalue weighted by molar-refractivity contribution is -0.124. The third kappa shape index (κ3) is 3.80. The summed E-state index contributed by atoms with van der Waals surface area (Å²) in [5.41, 5.74) is 0.411. The van der Waals surface area contributed by atoms with Gasteiger partial charge in [0, 0.05) is 25.8 Å². The first kappa shape index (κ1) is 17.9. The average molecular weight is 374 g/mol. The van der Waals surface area contributed by atoms with Crippen LogP contribution in [0.2, 0.25) is 0 Å². The van der Waals surface area contributed by atoms with Crippen LogP contribution in [0.4, 0.5) is 4.39 Å². The molecule has 27 heavy (non-hydrogen) atoms. The molecular formula is C19H23FN4O3. The third-order valence-electron chi connectivity index (χ3n) is 5.24. The van der Waals surface area contributed by atoms with Crippen molar-refractivity contribution in [2.45, 2.75) is 50.7 Å². The van der Waals surface area contributed by atoms with Crippen molar-refractivity contribution in [2.75, 3.05) is 13.2 Å². The van der Waals surface area contributed by atoms with Crippen molar-refractivity contribution in [3.05, 3.63) is 52.0 Å². The van der Waals surface area contributed by atoms with Gasteiger partial charge in [-0.3, -0.25) is 9.36 Å². The maximum Gasteiger partial charge on any atom is 0.346 e. The van der Waals surface area contributed by atoms with Gasteiger partial charge in [-0.05, 0) is 43.4 Å². The normalized spacial score (nSPS) is 20.3. The monoisotopic (exact) mass is 374 g/mol. The maximum absolute atomic E-state index is 13.4. The summed E-state index contributed by atoms with van der Waals surface area (Å²) in [7, 11) is 0. The van der Waals surface area contributed by atoms with Crippen molar-refractivity contribution >= 4 is 5.91 Å². The number of nitrogens with one attached hydrogen (secondary N) is 1. The molecule has 1 N–H and O–H groups in total. The fraction of sp³-hybridized carbons (Fsp3) is 0.526. The second kappa shape index (κ2) is 7.64. The molecule has 0 radical (unpaired) electrons. The smallest absolute Gasteiger partial charge is 0.346 e. The number of aromatic nitrogens is 3. The Kier molecular flexibility index (Phi) is 5.07. The molecule has 3 heterocycles. The number of fused-ring (bicyclic) bond motifs is 1. The molecule has 2 aliphatic rings. The molecule has 1 unspecified atom stereocenters.